The van der Waals surface area contributed by atoms with Crippen molar-refractivity contribution in [3.05, 3.63) is 23.8 Å². The largest absolute Gasteiger partial charge is 0.504 e. The van der Waals surface area contributed by atoms with Gasteiger partial charge in [0.05, 0.1) is 5.60 Å². The Kier molecular flexibility index (Phi) is 2.54. The minimum absolute atomic E-state index is 0.0777. The van der Waals surface area contributed by atoms with Gasteiger partial charge in [-0.1, -0.05) is 6.07 Å². The molecule has 1 saturated heterocycles. The Hall–Kier alpha value is -1.26. The normalized spacial score (nSPS) is 18.5. The molecule has 4 nitrogen and oxygen atoms in total. The van der Waals surface area contributed by atoms with E-state index in [0.717, 1.165) is 25.1 Å². The molecular weight excluding hydrogens is 194 g/mol. The van der Waals surface area contributed by atoms with Crippen molar-refractivity contribution in [3.8, 4) is 11.5 Å². The molecule has 1 fully saturated rings. The average molecular weight is 209 g/mol. The molecule has 0 bridgehead atoms. The van der Waals surface area contributed by atoms with Gasteiger partial charge in [0.1, 0.15) is 0 Å². The molecule has 0 spiro atoms. The van der Waals surface area contributed by atoms with Gasteiger partial charge in [-0.3, -0.25) is 0 Å². The number of nitrogens with one attached hydrogen (secondary N) is 1. The summed E-state index contributed by atoms with van der Waals surface area (Å²) in [6.07, 6.45) is 0.740. The molecular formula is C11H15NO3. The Morgan fingerprint density at radius 1 is 1.33 bits per heavy atom. The second-order valence-corrected chi connectivity index (χ2v) is 3.99. The van der Waals surface area contributed by atoms with Crippen molar-refractivity contribution < 1.29 is 14.9 Å². The Morgan fingerprint density at radius 2 is 2.07 bits per heavy atom. The quantitative estimate of drug-likeness (QED) is 0.639. The van der Waals surface area contributed by atoms with E-state index in [1.807, 2.05) is 0 Å². The molecule has 0 aliphatic carbocycles. The molecule has 82 valence electrons. The highest BCUT2D eigenvalue weighted by Gasteiger charge is 2.36. The number of phenolic OH excluding ortho intramolecular Hbond substituents is 2. The number of phenols is 2. The Morgan fingerprint density at radius 3 is 2.53 bits per heavy atom. The molecule has 0 amide bonds. The summed E-state index contributed by atoms with van der Waals surface area (Å²) in [5.74, 6) is -0.164. The van der Waals surface area contributed by atoms with Crippen LogP contribution in [0.3, 0.4) is 0 Å². The highest BCUT2D eigenvalue weighted by atomic mass is 16.5. The SMILES string of the molecule is COC1(Cc2ccc(O)c(O)c2)CNC1. The van der Waals surface area contributed by atoms with Crippen LogP contribution in [0.2, 0.25) is 0 Å². The summed E-state index contributed by atoms with van der Waals surface area (Å²) in [7, 11) is 1.70. The molecule has 1 heterocycles. The summed E-state index contributed by atoms with van der Waals surface area (Å²) < 4.78 is 5.44. The van der Waals surface area contributed by atoms with Crippen molar-refractivity contribution in [2.45, 2.75) is 12.0 Å². The van der Waals surface area contributed by atoms with Gasteiger partial charge in [-0.2, -0.15) is 0 Å². The summed E-state index contributed by atoms with van der Waals surface area (Å²) >= 11 is 0. The Bertz CT molecular complexity index is 355. The van der Waals surface area contributed by atoms with Crippen LogP contribution < -0.4 is 5.32 Å². The fourth-order valence-corrected chi connectivity index (χ4v) is 1.80. The second kappa shape index (κ2) is 3.72. The standard InChI is InChI=1S/C11H15NO3/c1-15-11(6-12-7-11)5-8-2-3-9(13)10(14)4-8/h2-4,12-14H,5-7H2,1H3. The number of aromatic hydroxyl groups is 2. The first-order valence-corrected chi connectivity index (χ1v) is 4.92. The van der Waals surface area contributed by atoms with E-state index >= 15 is 0 Å². The number of ether oxygens (including phenoxy) is 1. The van der Waals surface area contributed by atoms with Crippen molar-refractivity contribution in [1.29, 1.82) is 0 Å². The van der Waals surface area contributed by atoms with Crippen LogP contribution in [-0.2, 0) is 11.2 Å². The van der Waals surface area contributed by atoms with Gasteiger partial charge in [0, 0.05) is 26.6 Å². The third-order valence-corrected chi connectivity index (χ3v) is 2.89. The van der Waals surface area contributed by atoms with E-state index in [0.29, 0.717) is 0 Å². The van der Waals surface area contributed by atoms with E-state index in [1.165, 1.54) is 6.07 Å². The van der Waals surface area contributed by atoms with E-state index in [1.54, 1.807) is 19.2 Å². The average Bonchev–Trinajstić information content (AvgIpc) is 2.17. The van der Waals surface area contributed by atoms with E-state index in [2.05, 4.69) is 5.32 Å². The van der Waals surface area contributed by atoms with Gasteiger partial charge in [0.2, 0.25) is 0 Å². The van der Waals surface area contributed by atoms with Crippen LogP contribution in [0.1, 0.15) is 5.56 Å². The van der Waals surface area contributed by atoms with Gasteiger partial charge < -0.3 is 20.3 Å². The van der Waals surface area contributed by atoms with Gasteiger partial charge in [-0.05, 0) is 17.7 Å². The summed E-state index contributed by atoms with van der Waals surface area (Å²) in [5, 5.41) is 21.7. The van der Waals surface area contributed by atoms with Crippen LogP contribution in [0, 0.1) is 0 Å². The first-order chi connectivity index (χ1) is 7.15. The number of rotatable bonds is 3. The summed E-state index contributed by atoms with van der Waals surface area (Å²) in [5.41, 5.74) is 0.817. The second-order valence-electron chi connectivity index (χ2n) is 3.99. The van der Waals surface area contributed by atoms with Gasteiger partial charge in [-0.25, -0.2) is 0 Å². The maximum Gasteiger partial charge on any atom is 0.157 e. The molecule has 0 saturated carbocycles. The lowest BCUT2D eigenvalue weighted by Gasteiger charge is -2.41. The molecule has 3 N–H and O–H groups in total. The zero-order valence-electron chi connectivity index (χ0n) is 8.66. The topological polar surface area (TPSA) is 61.7 Å². The van der Waals surface area contributed by atoms with Crippen LogP contribution in [0.15, 0.2) is 18.2 Å². The van der Waals surface area contributed by atoms with Gasteiger partial charge in [0.15, 0.2) is 11.5 Å². The monoisotopic (exact) mass is 209 g/mol. The van der Waals surface area contributed by atoms with Crippen molar-refractivity contribution >= 4 is 0 Å². The molecule has 0 unspecified atom stereocenters. The molecule has 1 aromatic carbocycles. The Labute approximate surface area is 88.5 Å². The lowest BCUT2D eigenvalue weighted by Crippen LogP contribution is -2.61. The number of methoxy groups -OCH3 is 1. The summed E-state index contributed by atoms with van der Waals surface area (Å²) in [4.78, 5) is 0. The third kappa shape index (κ3) is 1.91. The van der Waals surface area contributed by atoms with E-state index < -0.39 is 0 Å². The molecule has 0 atom stereocenters. The van der Waals surface area contributed by atoms with Crippen LogP contribution in [-0.4, -0.2) is 36.0 Å². The van der Waals surface area contributed by atoms with Crippen molar-refractivity contribution in [2.75, 3.05) is 20.2 Å². The third-order valence-electron chi connectivity index (χ3n) is 2.89. The van der Waals surface area contributed by atoms with Gasteiger partial charge >= 0.3 is 0 Å². The number of hydrogen-bond donors (Lipinski definition) is 3. The summed E-state index contributed by atoms with van der Waals surface area (Å²) in [6, 6.07) is 4.88. The lowest BCUT2D eigenvalue weighted by atomic mass is 9.89. The fourth-order valence-electron chi connectivity index (χ4n) is 1.80. The van der Waals surface area contributed by atoms with Crippen LogP contribution in [0.5, 0.6) is 11.5 Å². The summed E-state index contributed by atoms with van der Waals surface area (Å²) in [6.45, 7) is 1.65. The molecule has 1 aliphatic heterocycles. The van der Waals surface area contributed by atoms with E-state index in [9.17, 15) is 10.2 Å². The highest BCUT2D eigenvalue weighted by Crippen LogP contribution is 2.28. The smallest absolute Gasteiger partial charge is 0.157 e. The van der Waals surface area contributed by atoms with E-state index in [4.69, 9.17) is 4.74 Å². The van der Waals surface area contributed by atoms with Crippen molar-refractivity contribution in [1.82, 2.24) is 5.32 Å². The van der Waals surface area contributed by atoms with Crippen LogP contribution in [0.25, 0.3) is 0 Å². The molecule has 4 heteroatoms. The minimum Gasteiger partial charge on any atom is -0.504 e. The molecule has 2 rings (SSSR count). The minimum atomic E-state index is -0.149. The fraction of sp³-hybridized carbons (Fsp3) is 0.455. The first-order valence-electron chi connectivity index (χ1n) is 4.92. The highest BCUT2D eigenvalue weighted by molar-refractivity contribution is 5.41. The van der Waals surface area contributed by atoms with Crippen LogP contribution >= 0.6 is 0 Å². The number of benzene rings is 1. The molecule has 1 aromatic rings. The van der Waals surface area contributed by atoms with Crippen LogP contribution in [0.4, 0.5) is 0 Å². The van der Waals surface area contributed by atoms with Crippen molar-refractivity contribution in [3.63, 3.8) is 0 Å². The van der Waals surface area contributed by atoms with E-state index in [-0.39, 0.29) is 17.1 Å². The Balaban J connectivity index is 2.13. The number of hydrogen-bond acceptors (Lipinski definition) is 4. The molecule has 1 aliphatic rings. The predicted molar refractivity (Wildman–Crippen MR) is 56.1 cm³/mol. The molecule has 0 aromatic heterocycles. The molecule has 15 heavy (non-hydrogen) atoms. The van der Waals surface area contributed by atoms with Gasteiger partial charge in [0.25, 0.3) is 0 Å². The zero-order chi connectivity index (χ0) is 10.9. The maximum atomic E-state index is 9.35. The maximum absolute atomic E-state index is 9.35. The first kappa shape index (κ1) is 10.3. The van der Waals surface area contributed by atoms with Gasteiger partial charge in [-0.15, -0.1) is 0 Å². The predicted octanol–water partition coefficient (Wildman–Crippen LogP) is 0.629. The zero-order valence-corrected chi connectivity index (χ0v) is 8.66. The molecule has 0 radical (unpaired) electrons. The van der Waals surface area contributed by atoms with Crippen molar-refractivity contribution in [2.24, 2.45) is 0 Å². The lowest BCUT2D eigenvalue weighted by molar-refractivity contribution is -0.0502.